The van der Waals surface area contributed by atoms with Crippen LogP contribution < -0.4 is 5.73 Å². The third-order valence-corrected chi connectivity index (χ3v) is 4.85. The van der Waals surface area contributed by atoms with Gasteiger partial charge in [-0.05, 0) is 30.5 Å². The summed E-state index contributed by atoms with van der Waals surface area (Å²) in [6.07, 6.45) is 2.54. The van der Waals surface area contributed by atoms with Gasteiger partial charge in [0.1, 0.15) is 11.7 Å². The predicted octanol–water partition coefficient (Wildman–Crippen LogP) is 0.824. The zero-order valence-electron chi connectivity index (χ0n) is 11.5. The lowest BCUT2D eigenvalue weighted by atomic mass is 9.84. The number of carbonyl (C=O) groups is 3. The van der Waals surface area contributed by atoms with Crippen LogP contribution in [0.3, 0.4) is 0 Å². The molecule has 116 valence electrons. The van der Waals surface area contributed by atoms with Gasteiger partial charge in [0.15, 0.2) is 5.76 Å². The molecule has 1 fully saturated rings. The number of amides is 1. The number of carboxylic acids is 1. The molecule has 0 bridgehead atoms. The fourth-order valence-corrected chi connectivity index (χ4v) is 3.62. The van der Waals surface area contributed by atoms with Gasteiger partial charge in [0, 0.05) is 5.75 Å². The maximum atomic E-state index is 11.9. The van der Waals surface area contributed by atoms with Gasteiger partial charge in [-0.2, -0.15) is 0 Å². The summed E-state index contributed by atoms with van der Waals surface area (Å²) in [4.78, 5) is 36.4. The van der Waals surface area contributed by atoms with E-state index >= 15 is 0 Å². The Labute approximate surface area is 130 Å². The van der Waals surface area contributed by atoms with E-state index in [0.717, 1.165) is 11.8 Å². The van der Waals surface area contributed by atoms with Crippen molar-refractivity contribution < 1.29 is 23.9 Å². The molecule has 8 heteroatoms. The van der Waals surface area contributed by atoms with E-state index in [1.54, 1.807) is 12.1 Å². The van der Waals surface area contributed by atoms with Gasteiger partial charge in [-0.3, -0.25) is 14.5 Å². The second-order valence-corrected chi connectivity index (χ2v) is 6.10. The van der Waals surface area contributed by atoms with E-state index in [9.17, 15) is 19.5 Å². The fourth-order valence-electron chi connectivity index (χ4n) is 2.78. The topological polar surface area (TPSA) is 114 Å². The summed E-state index contributed by atoms with van der Waals surface area (Å²) in [6.45, 7) is 0. The van der Waals surface area contributed by atoms with Crippen LogP contribution in [0.5, 0.6) is 0 Å². The van der Waals surface area contributed by atoms with Crippen molar-refractivity contribution >= 4 is 28.8 Å². The van der Waals surface area contributed by atoms with Crippen LogP contribution in [0.25, 0.3) is 0 Å². The first-order valence-corrected chi connectivity index (χ1v) is 7.74. The molecular weight excluding hydrogens is 308 g/mol. The third-order valence-electron chi connectivity index (χ3n) is 3.89. The number of β-lactam (4-membered cyclic amide) rings is 1. The van der Waals surface area contributed by atoms with Crippen molar-refractivity contribution in [2.45, 2.75) is 24.9 Å². The molecule has 1 saturated heterocycles. The smallest absolute Gasteiger partial charge is 0.352 e. The monoisotopic (exact) mass is 322 g/mol. The number of hydrogen-bond donors (Lipinski definition) is 2. The zero-order chi connectivity index (χ0) is 15.9. The van der Waals surface area contributed by atoms with Crippen LogP contribution in [0.2, 0.25) is 0 Å². The number of hydrogen-bond acceptors (Lipinski definition) is 6. The average molecular weight is 322 g/mol. The maximum Gasteiger partial charge on any atom is 0.352 e. The first-order chi connectivity index (χ1) is 10.5. The lowest BCUT2D eigenvalue weighted by Gasteiger charge is -2.48. The summed E-state index contributed by atoms with van der Waals surface area (Å²) in [7, 11) is 0. The molecule has 22 heavy (non-hydrogen) atoms. The number of nitrogens with two attached hydrogens (primary N) is 1. The van der Waals surface area contributed by atoms with Crippen LogP contribution >= 0.6 is 11.8 Å². The highest BCUT2D eigenvalue weighted by molar-refractivity contribution is 8.14. The highest BCUT2D eigenvalue weighted by Crippen LogP contribution is 2.37. The highest BCUT2D eigenvalue weighted by atomic mass is 32.2. The van der Waals surface area contributed by atoms with E-state index in [1.165, 1.54) is 11.2 Å². The van der Waals surface area contributed by atoms with E-state index in [4.69, 9.17) is 10.2 Å². The molecule has 3 rings (SSSR count). The minimum atomic E-state index is -1.16. The van der Waals surface area contributed by atoms with Gasteiger partial charge in [-0.25, -0.2) is 4.79 Å². The first kappa shape index (κ1) is 14.9. The van der Waals surface area contributed by atoms with Gasteiger partial charge in [0.2, 0.25) is 5.91 Å². The molecule has 0 saturated carbocycles. The van der Waals surface area contributed by atoms with Crippen LogP contribution in [-0.4, -0.2) is 44.8 Å². The SMILES string of the molecule is NC1C(=O)N2C(C(=O)O)=C(CSC(=O)c3ccco3)CCC12. The Balaban J connectivity index is 1.77. The zero-order valence-corrected chi connectivity index (χ0v) is 12.3. The molecular formula is C14H14N2O5S. The lowest BCUT2D eigenvalue weighted by molar-refractivity contribution is -0.152. The molecule has 2 aliphatic heterocycles. The summed E-state index contributed by atoms with van der Waals surface area (Å²) in [5, 5.41) is 9.11. The second-order valence-electron chi connectivity index (χ2n) is 5.15. The standard InChI is InChI=1S/C14H14N2O5S/c15-10-8-4-3-7(11(13(18)19)16(8)12(10)17)6-22-14(20)9-2-1-5-21-9/h1-2,5,8,10H,3-4,6,15H2,(H,18,19). The van der Waals surface area contributed by atoms with E-state index in [1.807, 2.05) is 0 Å². The van der Waals surface area contributed by atoms with Crippen molar-refractivity contribution in [1.29, 1.82) is 0 Å². The van der Waals surface area contributed by atoms with Gasteiger partial charge in [0.05, 0.1) is 12.3 Å². The van der Waals surface area contributed by atoms with Gasteiger partial charge in [-0.15, -0.1) is 0 Å². The summed E-state index contributed by atoms with van der Waals surface area (Å²) >= 11 is 0.968. The Morgan fingerprint density at radius 1 is 1.50 bits per heavy atom. The van der Waals surface area contributed by atoms with Crippen molar-refractivity contribution in [3.05, 3.63) is 35.4 Å². The van der Waals surface area contributed by atoms with Crippen LogP contribution in [0.1, 0.15) is 23.4 Å². The lowest BCUT2D eigenvalue weighted by Crippen LogP contribution is -2.69. The molecule has 2 atom stereocenters. The van der Waals surface area contributed by atoms with E-state index < -0.39 is 12.0 Å². The molecule has 0 radical (unpaired) electrons. The van der Waals surface area contributed by atoms with Crippen molar-refractivity contribution in [1.82, 2.24) is 4.90 Å². The third kappa shape index (κ3) is 2.34. The Morgan fingerprint density at radius 3 is 2.91 bits per heavy atom. The molecule has 0 aliphatic carbocycles. The Morgan fingerprint density at radius 2 is 2.27 bits per heavy atom. The summed E-state index contributed by atoms with van der Waals surface area (Å²) < 4.78 is 5.01. The largest absolute Gasteiger partial charge is 0.477 e. The number of carboxylic acid groups (broad SMARTS) is 1. The van der Waals surface area contributed by atoms with Crippen LogP contribution in [-0.2, 0) is 9.59 Å². The minimum absolute atomic E-state index is 0.0253. The van der Waals surface area contributed by atoms with Crippen molar-refractivity contribution in [2.24, 2.45) is 5.73 Å². The molecule has 0 aromatic carbocycles. The molecule has 7 nitrogen and oxygen atoms in total. The maximum absolute atomic E-state index is 11.9. The number of rotatable bonds is 4. The Kier molecular flexibility index (Phi) is 3.79. The van der Waals surface area contributed by atoms with Gasteiger partial charge >= 0.3 is 5.97 Å². The van der Waals surface area contributed by atoms with Crippen molar-refractivity contribution in [2.75, 3.05) is 5.75 Å². The summed E-state index contributed by atoms with van der Waals surface area (Å²) in [5.41, 5.74) is 6.24. The molecule has 2 aliphatic rings. The minimum Gasteiger partial charge on any atom is -0.477 e. The van der Waals surface area contributed by atoms with Gasteiger partial charge in [-0.1, -0.05) is 11.8 Å². The number of carbonyl (C=O) groups excluding carboxylic acids is 2. The molecule has 1 aromatic heterocycles. The van der Waals surface area contributed by atoms with E-state index in [2.05, 4.69) is 0 Å². The van der Waals surface area contributed by atoms with Crippen molar-refractivity contribution in [3.8, 4) is 0 Å². The summed E-state index contributed by atoms with van der Waals surface area (Å²) in [5.74, 6) is -1.10. The number of aliphatic carboxylic acids is 1. The van der Waals surface area contributed by atoms with Crippen LogP contribution in [0.4, 0.5) is 0 Å². The number of thioether (sulfide) groups is 1. The van der Waals surface area contributed by atoms with E-state index in [0.29, 0.717) is 18.4 Å². The number of furan rings is 1. The predicted molar refractivity (Wildman–Crippen MR) is 78.0 cm³/mol. The normalized spacial score (nSPS) is 24.0. The van der Waals surface area contributed by atoms with E-state index in [-0.39, 0.29) is 34.3 Å². The second kappa shape index (κ2) is 5.62. The molecule has 1 amide bonds. The molecule has 2 unspecified atom stereocenters. The number of fused-ring (bicyclic) bond motifs is 1. The first-order valence-electron chi connectivity index (χ1n) is 6.75. The Bertz CT molecular complexity index is 667. The molecule has 3 N–H and O–H groups in total. The quantitative estimate of drug-likeness (QED) is 0.789. The van der Waals surface area contributed by atoms with Crippen LogP contribution in [0.15, 0.2) is 34.1 Å². The van der Waals surface area contributed by atoms with Gasteiger partial charge < -0.3 is 15.3 Å². The molecule has 3 heterocycles. The van der Waals surface area contributed by atoms with Gasteiger partial charge in [0.25, 0.3) is 5.12 Å². The van der Waals surface area contributed by atoms with Crippen LogP contribution in [0, 0.1) is 0 Å². The van der Waals surface area contributed by atoms with Crippen molar-refractivity contribution in [3.63, 3.8) is 0 Å². The molecule has 1 aromatic rings. The average Bonchev–Trinajstić information content (AvgIpc) is 3.05. The summed E-state index contributed by atoms with van der Waals surface area (Å²) in [6, 6.07) is 2.30. The Hall–Kier alpha value is -2.06. The fraction of sp³-hybridized carbons (Fsp3) is 0.357. The molecule has 0 spiro atoms. The highest BCUT2D eigenvalue weighted by Gasteiger charge is 2.50. The number of nitrogens with zero attached hydrogens (tertiary/aromatic N) is 1.